The molecule has 0 radical (unpaired) electrons. The molecule has 152 valence electrons. The smallest absolute Gasteiger partial charge is 0.326 e. The van der Waals surface area contributed by atoms with Gasteiger partial charge in [-0.2, -0.15) is 0 Å². The van der Waals surface area contributed by atoms with E-state index in [1.54, 1.807) is 19.9 Å². The molecule has 0 unspecified atom stereocenters. The number of hydrogen-bond donors (Lipinski definition) is 0. The molecular formula is C21H21ClN2O4S. The second-order valence-corrected chi connectivity index (χ2v) is 8.32. The molecule has 29 heavy (non-hydrogen) atoms. The normalized spacial score (nSPS) is 15.7. The summed E-state index contributed by atoms with van der Waals surface area (Å²) in [5.74, 6) is -1.11. The summed E-state index contributed by atoms with van der Waals surface area (Å²) in [4.78, 5) is 37.9. The lowest BCUT2D eigenvalue weighted by Gasteiger charge is -2.13. The lowest BCUT2D eigenvalue weighted by molar-refractivity contribution is -0.149. The Morgan fingerprint density at radius 2 is 1.93 bits per heavy atom. The first-order valence-electron chi connectivity index (χ1n) is 9.07. The van der Waals surface area contributed by atoms with Crippen LogP contribution < -0.4 is 0 Å². The number of halogens is 1. The van der Waals surface area contributed by atoms with Crippen LogP contribution in [0.3, 0.4) is 0 Å². The molecule has 0 atom stereocenters. The van der Waals surface area contributed by atoms with E-state index in [9.17, 15) is 14.4 Å². The van der Waals surface area contributed by atoms with E-state index in [4.69, 9.17) is 16.3 Å². The third kappa shape index (κ3) is 4.41. The number of rotatable bonds is 5. The predicted molar refractivity (Wildman–Crippen MR) is 114 cm³/mol. The molecule has 1 fully saturated rings. The Morgan fingerprint density at radius 3 is 2.59 bits per heavy atom. The van der Waals surface area contributed by atoms with Crippen molar-refractivity contribution in [2.24, 2.45) is 0 Å². The fourth-order valence-corrected chi connectivity index (χ4v) is 4.19. The molecule has 2 amide bonds. The Kier molecular flexibility index (Phi) is 6.19. The molecular weight excluding hydrogens is 412 g/mol. The van der Waals surface area contributed by atoms with Gasteiger partial charge in [-0.25, -0.2) is 0 Å². The van der Waals surface area contributed by atoms with Crippen LogP contribution in [-0.4, -0.2) is 39.2 Å². The van der Waals surface area contributed by atoms with E-state index >= 15 is 0 Å². The second-order valence-electron chi connectivity index (χ2n) is 6.92. The van der Waals surface area contributed by atoms with Crippen molar-refractivity contribution in [2.75, 3.05) is 6.54 Å². The van der Waals surface area contributed by atoms with Crippen LogP contribution in [0.15, 0.2) is 35.2 Å². The van der Waals surface area contributed by atoms with Crippen LogP contribution in [0.2, 0.25) is 5.02 Å². The molecule has 0 N–H and O–H groups in total. The summed E-state index contributed by atoms with van der Waals surface area (Å²) < 4.78 is 7.03. The minimum atomic E-state index is -0.611. The first-order chi connectivity index (χ1) is 13.7. The van der Waals surface area contributed by atoms with Crippen molar-refractivity contribution in [2.45, 2.75) is 33.8 Å². The fourth-order valence-electron chi connectivity index (χ4n) is 3.14. The highest BCUT2D eigenvalue weighted by molar-refractivity contribution is 8.18. The van der Waals surface area contributed by atoms with Gasteiger partial charge in [-0.15, -0.1) is 0 Å². The maximum atomic E-state index is 12.6. The predicted octanol–water partition coefficient (Wildman–Crippen LogP) is 4.74. The second kappa shape index (κ2) is 8.47. The number of imide groups is 1. The van der Waals surface area contributed by atoms with Crippen molar-refractivity contribution < 1.29 is 19.1 Å². The van der Waals surface area contributed by atoms with Gasteiger partial charge in [0.1, 0.15) is 6.54 Å². The van der Waals surface area contributed by atoms with E-state index in [0.29, 0.717) is 5.02 Å². The molecule has 0 bridgehead atoms. The number of carbonyl (C=O) groups excluding carboxylic acids is 3. The van der Waals surface area contributed by atoms with Crippen LogP contribution in [0, 0.1) is 13.8 Å². The molecule has 0 spiro atoms. The van der Waals surface area contributed by atoms with Gasteiger partial charge in [-0.05, 0) is 69.3 Å². The quantitative estimate of drug-likeness (QED) is 0.504. The van der Waals surface area contributed by atoms with Crippen LogP contribution in [-0.2, 0) is 14.3 Å². The van der Waals surface area contributed by atoms with Crippen molar-refractivity contribution >= 4 is 46.6 Å². The number of thioether (sulfide) groups is 1. The van der Waals surface area contributed by atoms with Crippen molar-refractivity contribution in [1.29, 1.82) is 0 Å². The van der Waals surface area contributed by atoms with Crippen LogP contribution in [0.25, 0.3) is 11.8 Å². The zero-order chi connectivity index (χ0) is 21.3. The zero-order valence-corrected chi connectivity index (χ0v) is 18.1. The number of benzene rings is 1. The van der Waals surface area contributed by atoms with Gasteiger partial charge in [-0.3, -0.25) is 19.3 Å². The third-order valence-electron chi connectivity index (χ3n) is 4.38. The molecule has 2 aromatic rings. The van der Waals surface area contributed by atoms with Crippen molar-refractivity contribution in [3.05, 3.63) is 57.2 Å². The molecule has 1 aliphatic heterocycles. The van der Waals surface area contributed by atoms with E-state index in [-0.39, 0.29) is 11.0 Å². The Labute approximate surface area is 178 Å². The Balaban J connectivity index is 1.89. The fraction of sp³-hybridized carbons (Fsp3) is 0.286. The van der Waals surface area contributed by atoms with Crippen molar-refractivity contribution in [3.63, 3.8) is 0 Å². The summed E-state index contributed by atoms with van der Waals surface area (Å²) in [6.07, 6.45) is 1.36. The van der Waals surface area contributed by atoms with Gasteiger partial charge in [0.05, 0.1) is 21.7 Å². The Hall–Kier alpha value is -2.51. The number of esters is 1. The molecule has 8 heteroatoms. The molecule has 1 saturated heterocycles. The molecule has 6 nitrogen and oxygen atoms in total. The molecule has 1 aromatic carbocycles. The number of nitrogens with zero attached hydrogens (tertiary/aromatic N) is 2. The summed E-state index contributed by atoms with van der Waals surface area (Å²) in [6, 6.07) is 9.43. The Morgan fingerprint density at radius 1 is 1.24 bits per heavy atom. The highest BCUT2D eigenvalue weighted by Crippen LogP contribution is 2.34. The largest absolute Gasteiger partial charge is 0.462 e. The topological polar surface area (TPSA) is 68.6 Å². The van der Waals surface area contributed by atoms with Crippen LogP contribution in [0.5, 0.6) is 0 Å². The zero-order valence-electron chi connectivity index (χ0n) is 16.6. The van der Waals surface area contributed by atoms with Gasteiger partial charge in [-0.1, -0.05) is 23.7 Å². The number of hydrogen-bond acceptors (Lipinski definition) is 5. The summed E-state index contributed by atoms with van der Waals surface area (Å²) in [5.41, 5.74) is 3.48. The first-order valence-corrected chi connectivity index (χ1v) is 10.3. The summed E-state index contributed by atoms with van der Waals surface area (Å²) in [5, 5.41) is 0.131. The molecule has 2 heterocycles. The van der Waals surface area contributed by atoms with E-state index < -0.39 is 23.7 Å². The first kappa shape index (κ1) is 21.2. The third-order valence-corrected chi connectivity index (χ3v) is 5.61. The molecule has 0 aliphatic carbocycles. The summed E-state index contributed by atoms with van der Waals surface area (Å²) in [6.45, 7) is 6.90. The number of ether oxygens (including phenoxy) is 1. The SMILES string of the molecule is Cc1cc(/C=C2\SC(=O)N(CC(=O)OC(C)C)C2=O)c(C)n1-c1ccccc1Cl. The monoisotopic (exact) mass is 432 g/mol. The van der Waals surface area contributed by atoms with Gasteiger partial charge in [0.2, 0.25) is 0 Å². The lowest BCUT2D eigenvalue weighted by atomic mass is 10.2. The van der Waals surface area contributed by atoms with Crippen LogP contribution >= 0.6 is 23.4 Å². The summed E-state index contributed by atoms with van der Waals surface area (Å²) >= 11 is 7.15. The number of para-hydroxylation sites is 1. The molecule has 1 aliphatic rings. The molecule has 0 saturated carbocycles. The average Bonchev–Trinajstić information content (AvgIpc) is 3.05. The number of amides is 2. The lowest BCUT2D eigenvalue weighted by Crippen LogP contribution is -2.35. The Bertz CT molecular complexity index is 1030. The van der Waals surface area contributed by atoms with Crippen LogP contribution in [0.1, 0.15) is 30.8 Å². The van der Waals surface area contributed by atoms with Gasteiger partial charge in [0, 0.05) is 11.4 Å². The number of carbonyl (C=O) groups is 3. The highest BCUT2D eigenvalue weighted by atomic mass is 35.5. The highest BCUT2D eigenvalue weighted by Gasteiger charge is 2.37. The van der Waals surface area contributed by atoms with E-state index in [0.717, 1.165) is 39.3 Å². The van der Waals surface area contributed by atoms with Crippen molar-refractivity contribution in [3.8, 4) is 5.69 Å². The van der Waals surface area contributed by atoms with E-state index in [1.807, 2.05) is 48.7 Å². The molecule has 3 rings (SSSR count). The number of aryl methyl sites for hydroxylation is 1. The van der Waals surface area contributed by atoms with Gasteiger partial charge in [0.15, 0.2) is 0 Å². The van der Waals surface area contributed by atoms with E-state index in [2.05, 4.69) is 0 Å². The minimum absolute atomic E-state index is 0.270. The van der Waals surface area contributed by atoms with E-state index in [1.165, 1.54) is 0 Å². The van der Waals surface area contributed by atoms with Gasteiger partial charge in [0.25, 0.3) is 11.1 Å². The summed E-state index contributed by atoms with van der Waals surface area (Å²) in [7, 11) is 0. The van der Waals surface area contributed by atoms with Crippen LogP contribution in [0.4, 0.5) is 4.79 Å². The standard InChI is InChI=1S/C21H21ClN2O4S/c1-12(2)28-19(25)11-23-20(26)18(29-21(23)27)10-15-9-13(3)24(14(15)4)17-8-6-5-7-16(17)22/h5-10,12H,11H2,1-4H3/b18-10-. The molecule has 1 aromatic heterocycles. The minimum Gasteiger partial charge on any atom is -0.462 e. The van der Waals surface area contributed by atoms with Gasteiger partial charge >= 0.3 is 5.97 Å². The van der Waals surface area contributed by atoms with Crippen molar-refractivity contribution in [1.82, 2.24) is 9.47 Å². The number of aromatic nitrogens is 1. The van der Waals surface area contributed by atoms with Gasteiger partial charge < -0.3 is 9.30 Å². The maximum Gasteiger partial charge on any atom is 0.326 e. The maximum absolute atomic E-state index is 12.6. The average molecular weight is 433 g/mol.